The number of benzene rings is 1. The van der Waals surface area contributed by atoms with Crippen molar-refractivity contribution < 1.29 is 13.2 Å². The average Bonchev–Trinajstić information content (AvgIpc) is 3.11. The zero-order chi connectivity index (χ0) is 23.8. The Morgan fingerprint density at radius 2 is 1.94 bits per heavy atom. The van der Waals surface area contributed by atoms with Crippen molar-refractivity contribution in [2.24, 2.45) is 0 Å². The molecule has 1 aromatic heterocycles. The molecule has 0 spiro atoms. The van der Waals surface area contributed by atoms with Gasteiger partial charge in [0.05, 0.1) is 5.02 Å². The first-order valence-electron chi connectivity index (χ1n) is 11.3. The lowest BCUT2D eigenvalue weighted by Crippen LogP contribution is -2.43. The highest BCUT2D eigenvalue weighted by molar-refractivity contribution is 6.31. The van der Waals surface area contributed by atoms with Gasteiger partial charge in [-0.3, -0.25) is 4.90 Å². The molecule has 8 heteroatoms. The third-order valence-electron chi connectivity index (χ3n) is 6.56. The zero-order valence-electron chi connectivity index (χ0n) is 18.9. The Kier molecular flexibility index (Phi) is 7.39. The number of hydrogen-bond acceptors (Lipinski definition) is 3. The van der Waals surface area contributed by atoms with Gasteiger partial charge in [0.25, 0.3) is 0 Å². The normalized spacial score (nSPS) is 18.7. The summed E-state index contributed by atoms with van der Waals surface area (Å²) in [5, 5.41) is 0.412. The number of aromatic nitrogens is 1. The van der Waals surface area contributed by atoms with Crippen LogP contribution in [-0.4, -0.2) is 54.6 Å². The van der Waals surface area contributed by atoms with Gasteiger partial charge in [-0.05, 0) is 106 Å². The predicted octanol–water partition coefficient (Wildman–Crippen LogP) is 6.38. The summed E-state index contributed by atoms with van der Waals surface area (Å²) >= 11 is 12.0. The summed E-state index contributed by atoms with van der Waals surface area (Å²) in [5.41, 5.74) is 4.96. The van der Waals surface area contributed by atoms with Gasteiger partial charge < -0.3 is 4.90 Å². The Balaban J connectivity index is 1.47. The molecule has 0 N–H and O–H groups in total. The first-order valence-corrected chi connectivity index (χ1v) is 12.0. The maximum Gasteiger partial charge on any atom is 0.434 e. The number of halogens is 5. The fraction of sp³-hybridized carbons (Fsp3) is 0.480. The van der Waals surface area contributed by atoms with Crippen LogP contribution in [0.2, 0.25) is 10.0 Å². The van der Waals surface area contributed by atoms with Gasteiger partial charge in [0.2, 0.25) is 0 Å². The fourth-order valence-electron chi connectivity index (χ4n) is 5.00. The van der Waals surface area contributed by atoms with Gasteiger partial charge in [0.15, 0.2) is 5.69 Å². The highest BCUT2D eigenvalue weighted by Gasteiger charge is 2.36. The smallest absolute Gasteiger partial charge is 0.309 e. The van der Waals surface area contributed by atoms with Crippen LogP contribution in [0.1, 0.15) is 41.8 Å². The summed E-state index contributed by atoms with van der Waals surface area (Å²) < 4.78 is 39.4. The van der Waals surface area contributed by atoms with Crippen LogP contribution in [0.25, 0.3) is 5.57 Å². The van der Waals surface area contributed by atoms with E-state index in [1.54, 1.807) is 6.07 Å². The Labute approximate surface area is 203 Å². The van der Waals surface area contributed by atoms with Crippen LogP contribution in [0.4, 0.5) is 13.2 Å². The second kappa shape index (κ2) is 9.95. The number of aryl methyl sites for hydroxylation is 1. The van der Waals surface area contributed by atoms with E-state index in [0.29, 0.717) is 18.2 Å². The van der Waals surface area contributed by atoms with Gasteiger partial charge in [-0.15, -0.1) is 0 Å². The van der Waals surface area contributed by atoms with E-state index in [-0.39, 0.29) is 5.02 Å². The standard InChI is InChI=1S/C25H28Cl2F3N3/c1-32(2)12-10-23-21-14-16-5-6-17(26)15-20(16)19(21)9-13-33(23)11-3-4-18-7-8-22(27)24(31-18)25(28,29)30/h5-8,15,23H,3-4,9-14H2,1-2H3. The van der Waals surface area contributed by atoms with E-state index < -0.39 is 11.9 Å². The van der Waals surface area contributed by atoms with Crippen molar-refractivity contribution in [3.63, 3.8) is 0 Å². The first kappa shape index (κ1) is 24.5. The molecule has 178 valence electrons. The number of alkyl halides is 3. The van der Waals surface area contributed by atoms with Gasteiger partial charge in [-0.2, -0.15) is 13.2 Å². The van der Waals surface area contributed by atoms with E-state index in [0.717, 1.165) is 50.3 Å². The largest absolute Gasteiger partial charge is 0.434 e. The monoisotopic (exact) mass is 497 g/mol. The van der Waals surface area contributed by atoms with Crippen LogP contribution in [0, 0.1) is 0 Å². The van der Waals surface area contributed by atoms with Crippen molar-refractivity contribution in [1.82, 2.24) is 14.8 Å². The number of hydrogen-bond donors (Lipinski definition) is 0. The first-order chi connectivity index (χ1) is 15.6. The molecule has 1 aliphatic carbocycles. The summed E-state index contributed by atoms with van der Waals surface area (Å²) in [6.07, 6.45) is -0.376. The second-order valence-electron chi connectivity index (χ2n) is 9.11. The quantitative estimate of drug-likeness (QED) is 0.442. The van der Waals surface area contributed by atoms with Crippen LogP contribution in [-0.2, 0) is 19.0 Å². The molecule has 0 amide bonds. The van der Waals surface area contributed by atoms with E-state index >= 15 is 0 Å². The molecule has 0 saturated heterocycles. The van der Waals surface area contributed by atoms with Crippen LogP contribution >= 0.6 is 23.2 Å². The molecule has 1 aliphatic heterocycles. The maximum absolute atomic E-state index is 13.1. The molecule has 1 unspecified atom stereocenters. The van der Waals surface area contributed by atoms with Crippen LogP contribution in [0.3, 0.4) is 0 Å². The van der Waals surface area contributed by atoms with Gasteiger partial charge in [-0.25, -0.2) is 4.98 Å². The molecule has 0 fully saturated rings. The van der Waals surface area contributed by atoms with E-state index in [1.807, 2.05) is 6.07 Å². The van der Waals surface area contributed by atoms with Crippen molar-refractivity contribution in [2.75, 3.05) is 33.7 Å². The highest BCUT2D eigenvalue weighted by Crippen LogP contribution is 2.42. The topological polar surface area (TPSA) is 19.4 Å². The lowest BCUT2D eigenvalue weighted by molar-refractivity contribution is -0.141. The van der Waals surface area contributed by atoms with Crippen molar-refractivity contribution in [1.29, 1.82) is 0 Å². The minimum atomic E-state index is -4.54. The second-order valence-corrected chi connectivity index (χ2v) is 9.95. The minimum Gasteiger partial charge on any atom is -0.309 e. The summed E-state index contributed by atoms with van der Waals surface area (Å²) in [7, 11) is 4.16. The highest BCUT2D eigenvalue weighted by atomic mass is 35.5. The van der Waals surface area contributed by atoms with E-state index in [1.165, 1.54) is 28.3 Å². The van der Waals surface area contributed by atoms with Gasteiger partial charge >= 0.3 is 6.18 Å². The third kappa shape index (κ3) is 5.56. The number of fused-ring (bicyclic) bond motifs is 2. The summed E-state index contributed by atoms with van der Waals surface area (Å²) in [5.74, 6) is 0. The SMILES string of the molecule is CN(C)CCC1C2=C(CCN1CCCc1ccc(Cl)c(C(F)(F)F)n1)c1cc(Cl)ccc1C2. The van der Waals surface area contributed by atoms with Crippen LogP contribution in [0.15, 0.2) is 35.9 Å². The number of nitrogens with zero attached hydrogens (tertiary/aromatic N) is 3. The molecule has 1 atom stereocenters. The molecule has 4 rings (SSSR count). The van der Waals surface area contributed by atoms with Crippen molar-refractivity contribution >= 4 is 28.8 Å². The Morgan fingerprint density at radius 1 is 1.15 bits per heavy atom. The van der Waals surface area contributed by atoms with Gasteiger partial charge in [0, 0.05) is 23.3 Å². The minimum absolute atomic E-state index is 0.325. The molecule has 2 aliphatic rings. The molecule has 2 heterocycles. The Hall–Kier alpha value is -1.60. The third-order valence-corrected chi connectivity index (χ3v) is 7.10. The molecule has 3 nitrogen and oxygen atoms in total. The summed E-state index contributed by atoms with van der Waals surface area (Å²) in [4.78, 5) is 8.48. The molecule has 2 aromatic rings. The molecule has 0 saturated carbocycles. The van der Waals surface area contributed by atoms with Crippen LogP contribution in [0.5, 0.6) is 0 Å². The Bertz CT molecular complexity index is 1050. The van der Waals surface area contributed by atoms with E-state index in [9.17, 15) is 13.2 Å². The molecule has 0 bridgehead atoms. The van der Waals surface area contributed by atoms with Crippen molar-refractivity contribution in [3.8, 4) is 0 Å². The maximum atomic E-state index is 13.1. The lowest BCUT2D eigenvalue weighted by Gasteiger charge is -2.38. The van der Waals surface area contributed by atoms with Crippen LogP contribution < -0.4 is 0 Å². The van der Waals surface area contributed by atoms with Crippen molar-refractivity contribution in [2.45, 2.75) is 44.3 Å². The predicted molar refractivity (Wildman–Crippen MR) is 128 cm³/mol. The fourth-order valence-corrected chi connectivity index (χ4v) is 5.39. The average molecular weight is 498 g/mol. The molecule has 33 heavy (non-hydrogen) atoms. The van der Waals surface area contributed by atoms with Crippen molar-refractivity contribution in [3.05, 3.63) is 68.5 Å². The summed E-state index contributed by atoms with van der Waals surface area (Å²) in [6.45, 7) is 2.73. The Morgan fingerprint density at radius 3 is 2.67 bits per heavy atom. The molecular formula is C25H28Cl2F3N3. The van der Waals surface area contributed by atoms with Gasteiger partial charge in [0.1, 0.15) is 0 Å². The number of pyridine rings is 1. The zero-order valence-corrected chi connectivity index (χ0v) is 20.4. The molecule has 0 radical (unpaired) electrons. The molecular weight excluding hydrogens is 470 g/mol. The lowest BCUT2D eigenvalue weighted by atomic mass is 9.90. The van der Waals surface area contributed by atoms with E-state index in [2.05, 4.69) is 41.0 Å². The number of rotatable bonds is 7. The summed E-state index contributed by atoms with van der Waals surface area (Å²) in [6, 6.07) is 9.39. The van der Waals surface area contributed by atoms with E-state index in [4.69, 9.17) is 23.2 Å². The molecule has 1 aromatic carbocycles. The van der Waals surface area contributed by atoms with Gasteiger partial charge in [-0.1, -0.05) is 29.3 Å².